The summed E-state index contributed by atoms with van der Waals surface area (Å²) in [5, 5.41) is 68.4. The summed E-state index contributed by atoms with van der Waals surface area (Å²) in [6, 6.07) is 3.36. The van der Waals surface area contributed by atoms with Gasteiger partial charge in [0, 0.05) is 25.7 Å². The van der Waals surface area contributed by atoms with Gasteiger partial charge in [-0.1, -0.05) is 75.9 Å². The minimum atomic E-state index is -1.72. The van der Waals surface area contributed by atoms with Crippen molar-refractivity contribution >= 4 is 29.8 Å². The van der Waals surface area contributed by atoms with Crippen LogP contribution in [0.3, 0.4) is 0 Å². The summed E-state index contributed by atoms with van der Waals surface area (Å²) >= 11 is 0. The molecule has 388 valence electrons. The maximum absolute atomic E-state index is 15.3. The number of rotatable bonds is 24. The van der Waals surface area contributed by atoms with E-state index in [1.807, 2.05) is 12.1 Å². The van der Waals surface area contributed by atoms with Crippen LogP contribution < -0.4 is 10.6 Å². The number of hydrogen-bond donors (Lipinski definition) is 8. The van der Waals surface area contributed by atoms with E-state index in [4.69, 9.17) is 33.3 Å². The molecule has 0 aromatic heterocycles. The number of esters is 2. The molecule has 4 saturated heterocycles. The Kier molecular flexibility index (Phi) is 18.8. The van der Waals surface area contributed by atoms with Crippen LogP contribution in [0.5, 0.6) is 0 Å². The molecule has 4 aliphatic heterocycles. The second kappa shape index (κ2) is 23.7. The van der Waals surface area contributed by atoms with E-state index in [0.717, 1.165) is 38.5 Å². The summed E-state index contributed by atoms with van der Waals surface area (Å²) in [6.45, 7) is 9.40. The molecular weight excluding hydrogens is 903 g/mol. The smallest absolute Gasteiger partial charge is 0.327 e. The molecule has 1 aliphatic carbocycles. The average molecular weight is 978 g/mol. The first-order chi connectivity index (χ1) is 32.8. The fraction of sp³-hybridized carbons (Fsp3) is 0.755. The van der Waals surface area contributed by atoms with Crippen molar-refractivity contribution in [2.75, 3.05) is 19.8 Å². The van der Waals surface area contributed by atoms with Crippen LogP contribution >= 0.6 is 0 Å². The number of fused-ring (bicyclic) bond motifs is 4. The molecule has 1 saturated carbocycles. The third-order valence-corrected chi connectivity index (χ3v) is 13.6. The zero-order chi connectivity index (χ0) is 50.3. The number of amides is 2. The molecule has 1 aromatic rings. The zero-order valence-corrected chi connectivity index (χ0v) is 40.7. The Morgan fingerprint density at radius 2 is 1.64 bits per heavy atom. The van der Waals surface area contributed by atoms with Crippen LogP contribution in [0.4, 0.5) is 0 Å². The minimum Gasteiger partial charge on any atom is -0.460 e. The van der Waals surface area contributed by atoms with E-state index < -0.39 is 133 Å². The predicted molar refractivity (Wildman–Crippen MR) is 245 cm³/mol. The van der Waals surface area contributed by atoms with E-state index in [0.29, 0.717) is 24.0 Å². The van der Waals surface area contributed by atoms with Crippen molar-refractivity contribution in [1.29, 1.82) is 0 Å². The van der Waals surface area contributed by atoms with Gasteiger partial charge in [-0.15, -0.1) is 0 Å². The van der Waals surface area contributed by atoms with E-state index in [9.17, 15) is 45.0 Å². The Hall–Kier alpha value is -3.64. The second-order valence-electron chi connectivity index (χ2n) is 20.1. The standard InChI is InChI=1S/C49H75N3O17/c1-7-9-13-21-48(22-14-10-8-2)67-39-32-24-49(46(62)51-35(28(3)55)43(60)50-31(26-53)19-20-34(56)66-47(4,5)6)41(44(61)64-32)52(69-42(49)40(39)68-48)25-30-17-12-11-16-29(30)18-15-23-63-45-38(59)37(58)36(57)33(27-54)65-45/h11-12,15-18,28,31-33,35-42,45,53-55,57-59H,7-10,13-14,19-27H2,1-6H3,(H,50,60)(H,51,62)/t28-,31-,32+,33+,35+,36-,37-,38+,39-,40-,41+,42+,45-,49+/m0/s1. The maximum atomic E-state index is 15.3. The molecule has 20 nitrogen and oxygen atoms in total. The normalized spacial score (nSPS) is 32.0. The Bertz CT molecular complexity index is 1920. The first-order valence-corrected chi connectivity index (χ1v) is 24.6. The van der Waals surface area contributed by atoms with Gasteiger partial charge in [-0.3, -0.25) is 24.0 Å². The quantitative estimate of drug-likeness (QED) is 0.0537. The predicted octanol–water partition coefficient (Wildman–Crippen LogP) is 1.42. The zero-order valence-electron chi connectivity index (χ0n) is 40.7. The molecular formula is C49H75N3O17. The molecule has 5 aliphatic rings. The summed E-state index contributed by atoms with van der Waals surface area (Å²) in [5.74, 6) is -3.90. The number of hydroxylamine groups is 2. The van der Waals surface area contributed by atoms with Crippen LogP contribution in [0.15, 0.2) is 30.3 Å². The number of aliphatic hydroxyl groups excluding tert-OH is 6. The van der Waals surface area contributed by atoms with Gasteiger partial charge in [0.2, 0.25) is 11.8 Å². The molecule has 0 radical (unpaired) electrons. The molecule has 4 heterocycles. The van der Waals surface area contributed by atoms with Crippen molar-refractivity contribution < 1.29 is 83.1 Å². The van der Waals surface area contributed by atoms with Gasteiger partial charge >= 0.3 is 11.9 Å². The van der Waals surface area contributed by atoms with Crippen molar-refractivity contribution in [1.82, 2.24) is 15.7 Å². The Morgan fingerprint density at radius 3 is 2.28 bits per heavy atom. The van der Waals surface area contributed by atoms with E-state index in [1.165, 1.54) is 12.0 Å². The van der Waals surface area contributed by atoms with Crippen molar-refractivity contribution in [3.63, 3.8) is 0 Å². The third kappa shape index (κ3) is 12.5. The second-order valence-corrected chi connectivity index (χ2v) is 20.1. The highest BCUT2D eigenvalue weighted by molar-refractivity contribution is 5.96. The van der Waals surface area contributed by atoms with Crippen LogP contribution in [0.1, 0.15) is 123 Å². The maximum Gasteiger partial charge on any atom is 0.327 e. The molecule has 5 fully saturated rings. The highest BCUT2D eigenvalue weighted by atomic mass is 16.8. The number of carbonyl (C=O) groups is 4. The van der Waals surface area contributed by atoms with Gasteiger partial charge < -0.3 is 69.7 Å². The molecule has 20 heteroatoms. The number of carbonyl (C=O) groups excluding carboxylic acids is 4. The monoisotopic (exact) mass is 978 g/mol. The van der Waals surface area contributed by atoms with Crippen LogP contribution in [0.25, 0.3) is 6.08 Å². The van der Waals surface area contributed by atoms with Crippen LogP contribution in [-0.2, 0) is 59.0 Å². The van der Waals surface area contributed by atoms with Crippen LogP contribution in [-0.4, -0.2) is 170 Å². The highest BCUT2D eigenvalue weighted by Gasteiger charge is 2.76. The van der Waals surface area contributed by atoms with E-state index in [-0.39, 0.29) is 32.4 Å². The van der Waals surface area contributed by atoms with Crippen molar-refractivity contribution in [3.05, 3.63) is 41.5 Å². The van der Waals surface area contributed by atoms with Crippen LogP contribution in [0.2, 0.25) is 0 Å². The topological polar surface area (TPSA) is 282 Å². The molecule has 8 N–H and O–H groups in total. The summed E-state index contributed by atoms with van der Waals surface area (Å²) in [6.07, 6.45) is -2.59. The lowest BCUT2D eigenvalue weighted by Crippen LogP contribution is -2.71. The van der Waals surface area contributed by atoms with Crippen molar-refractivity contribution in [2.24, 2.45) is 5.41 Å². The fourth-order valence-electron chi connectivity index (χ4n) is 10.1. The first kappa shape index (κ1) is 54.7. The third-order valence-electron chi connectivity index (χ3n) is 13.6. The minimum absolute atomic E-state index is 0.0165. The average Bonchev–Trinajstić information content (AvgIpc) is 3.86. The summed E-state index contributed by atoms with van der Waals surface area (Å²) in [7, 11) is 0. The Morgan fingerprint density at radius 1 is 0.957 bits per heavy atom. The Labute approximate surface area is 403 Å². The van der Waals surface area contributed by atoms with E-state index in [1.54, 1.807) is 45.1 Å². The van der Waals surface area contributed by atoms with Gasteiger partial charge in [0.1, 0.15) is 65.9 Å². The fourth-order valence-corrected chi connectivity index (χ4v) is 10.1. The van der Waals surface area contributed by atoms with Gasteiger partial charge in [-0.2, -0.15) is 5.06 Å². The molecule has 6 rings (SSSR count). The van der Waals surface area contributed by atoms with Gasteiger partial charge in [-0.25, -0.2) is 0 Å². The van der Waals surface area contributed by atoms with Gasteiger partial charge in [0.25, 0.3) is 0 Å². The van der Waals surface area contributed by atoms with Crippen molar-refractivity contribution in [2.45, 2.75) is 209 Å². The van der Waals surface area contributed by atoms with E-state index >= 15 is 4.79 Å². The Balaban J connectivity index is 1.28. The summed E-state index contributed by atoms with van der Waals surface area (Å²) < 4.78 is 36.5. The molecule has 2 amide bonds. The van der Waals surface area contributed by atoms with Crippen molar-refractivity contribution in [3.8, 4) is 0 Å². The molecule has 0 spiro atoms. The number of hydrogen-bond acceptors (Lipinski definition) is 18. The number of aliphatic hydroxyl groups is 6. The lowest BCUT2D eigenvalue weighted by molar-refractivity contribution is -0.298. The van der Waals surface area contributed by atoms with Gasteiger partial charge in [0.15, 0.2) is 18.1 Å². The molecule has 1 aromatic carbocycles. The van der Waals surface area contributed by atoms with E-state index in [2.05, 4.69) is 24.5 Å². The van der Waals surface area contributed by atoms with Crippen LogP contribution in [0, 0.1) is 5.41 Å². The number of nitrogens with zero attached hydrogens (tertiary/aromatic N) is 1. The highest BCUT2D eigenvalue weighted by Crippen LogP contribution is 2.58. The number of benzene rings is 1. The number of unbranched alkanes of at least 4 members (excludes halogenated alkanes) is 4. The molecule has 2 bridgehead atoms. The summed E-state index contributed by atoms with van der Waals surface area (Å²) in [4.78, 5) is 63.0. The SMILES string of the molecule is CCCCCC1(CCCCC)O[C@@H]2[C@H](O1)[C@H]1ON(Cc3ccccc3C=CCO[C@H]3O[C@H](CO)[C@H](O)[C@H](O)[C@H]3O)[C@@H]3C(=O)O[C@@H]2C[C@]13C(=O)N[C@@H](C(=O)N[C@H](CO)CCC(=O)OC(C)(C)C)[C@H](C)O. The van der Waals surface area contributed by atoms with Gasteiger partial charge in [-0.05, 0) is 58.1 Å². The molecule has 0 unspecified atom stereocenters. The summed E-state index contributed by atoms with van der Waals surface area (Å²) in [5.41, 5.74) is -1.15. The van der Waals surface area contributed by atoms with Gasteiger partial charge in [0.05, 0.1) is 38.5 Å². The first-order valence-electron chi connectivity index (χ1n) is 24.6. The largest absolute Gasteiger partial charge is 0.460 e. The lowest BCUT2D eigenvalue weighted by atomic mass is 9.62. The molecule has 14 atom stereocenters. The number of ether oxygens (including phenoxy) is 6. The lowest BCUT2D eigenvalue weighted by Gasteiger charge is -2.49. The number of nitrogens with one attached hydrogen (secondary N) is 2. The molecule has 69 heavy (non-hydrogen) atoms.